The van der Waals surface area contributed by atoms with E-state index in [0.29, 0.717) is 6.73 Å². The fourth-order valence-corrected chi connectivity index (χ4v) is 0.724. The zero-order valence-corrected chi connectivity index (χ0v) is 6.79. The Balaban J connectivity index is 2.29. The highest BCUT2D eigenvalue weighted by Crippen LogP contribution is 2.00. The van der Waals surface area contributed by atoms with Gasteiger partial charge in [0, 0.05) is 18.8 Å². The first-order valence-corrected chi connectivity index (χ1v) is 3.74. The molecule has 0 bridgehead atoms. The van der Waals surface area contributed by atoms with Gasteiger partial charge in [-0.3, -0.25) is 0 Å². The van der Waals surface area contributed by atoms with Crippen molar-refractivity contribution in [2.45, 2.75) is 20.1 Å². The number of hydrogen-bond acceptors (Lipinski definition) is 1. The summed E-state index contributed by atoms with van der Waals surface area (Å²) in [6.07, 6.45) is 4.80. The van der Waals surface area contributed by atoms with Gasteiger partial charge < -0.3 is 9.30 Å². The van der Waals surface area contributed by atoms with Crippen LogP contribution in [0.3, 0.4) is 0 Å². The molecule has 1 aromatic rings. The Bertz CT molecular complexity index is 213. The van der Waals surface area contributed by atoms with Gasteiger partial charge in [-0.25, -0.2) is 0 Å². The van der Waals surface area contributed by atoms with Crippen molar-refractivity contribution in [1.29, 1.82) is 0 Å². The lowest BCUT2D eigenvalue weighted by atomic mass is 10.4. The Morgan fingerprint density at radius 2 is 2.09 bits per heavy atom. The quantitative estimate of drug-likeness (QED) is 0.602. The fourth-order valence-electron chi connectivity index (χ4n) is 0.724. The summed E-state index contributed by atoms with van der Waals surface area (Å²) in [6, 6.07) is 3.94. The van der Waals surface area contributed by atoms with Crippen LogP contribution in [0.25, 0.3) is 0 Å². The van der Waals surface area contributed by atoms with Crippen molar-refractivity contribution >= 4 is 0 Å². The molecule has 0 aromatic carbocycles. The SMILES string of the molecule is C=C(CC)OCn1cccc1. The van der Waals surface area contributed by atoms with E-state index in [0.717, 1.165) is 12.2 Å². The summed E-state index contributed by atoms with van der Waals surface area (Å²) in [4.78, 5) is 0. The third kappa shape index (κ3) is 2.50. The molecular formula is C9H13NO. The highest BCUT2D eigenvalue weighted by molar-refractivity contribution is 4.90. The molecule has 0 aliphatic rings. The molecule has 0 amide bonds. The molecule has 0 saturated heterocycles. The van der Waals surface area contributed by atoms with E-state index in [9.17, 15) is 0 Å². The lowest BCUT2D eigenvalue weighted by Gasteiger charge is -2.06. The summed E-state index contributed by atoms with van der Waals surface area (Å²) in [5.41, 5.74) is 0. The molecule has 2 nitrogen and oxygen atoms in total. The predicted octanol–water partition coefficient (Wildman–Crippen LogP) is 2.39. The molecule has 0 N–H and O–H groups in total. The maximum Gasteiger partial charge on any atom is 0.164 e. The molecule has 0 aliphatic carbocycles. The van der Waals surface area contributed by atoms with Gasteiger partial charge in [-0.15, -0.1) is 0 Å². The van der Waals surface area contributed by atoms with Crippen LogP contribution in [0.2, 0.25) is 0 Å². The van der Waals surface area contributed by atoms with Crippen LogP contribution in [0.15, 0.2) is 36.9 Å². The summed E-state index contributed by atoms with van der Waals surface area (Å²) in [5.74, 6) is 0.832. The first-order valence-electron chi connectivity index (χ1n) is 3.74. The lowest BCUT2D eigenvalue weighted by molar-refractivity contribution is 0.140. The molecule has 0 aliphatic heterocycles. The maximum atomic E-state index is 5.30. The number of rotatable bonds is 4. The second-order valence-electron chi connectivity index (χ2n) is 2.36. The number of nitrogens with zero attached hydrogens (tertiary/aromatic N) is 1. The maximum absolute atomic E-state index is 5.30. The minimum atomic E-state index is 0.569. The summed E-state index contributed by atoms with van der Waals surface area (Å²) in [5, 5.41) is 0. The van der Waals surface area contributed by atoms with E-state index < -0.39 is 0 Å². The van der Waals surface area contributed by atoms with Gasteiger partial charge >= 0.3 is 0 Å². The van der Waals surface area contributed by atoms with Crippen LogP contribution >= 0.6 is 0 Å². The van der Waals surface area contributed by atoms with E-state index in [-0.39, 0.29) is 0 Å². The number of hydrogen-bond donors (Lipinski definition) is 0. The molecule has 0 atom stereocenters. The molecule has 11 heavy (non-hydrogen) atoms. The van der Waals surface area contributed by atoms with Crippen LogP contribution in [0.5, 0.6) is 0 Å². The van der Waals surface area contributed by atoms with Crippen LogP contribution in [0.1, 0.15) is 13.3 Å². The van der Waals surface area contributed by atoms with Gasteiger partial charge in [0.1, 0.15) is 0 Å². The van der Waals surface area contributed by atoms with Crippen molar-refractivity contribution in [2.24, 2.45) is 0 Å². The number of aromatic nitrogens is 1. The minimum Gasteiger partial charge on any atom is -0.478 e. The van der Waals surface area contributed by atoms with Crippen molar-refractivity contribution in [3.05, 3.63) is 36.9 Å². The fraction of sp³-hybridized carbons (Fsp3) is 0.333. The highest BCUT2D eigenvalue weighted by atomic mass is 16.5. The third-order valence-electron chi connectivity index (χ3n) is 1.48. The van der Waals surface area contributed by atoms with Crippen molar-refractivity contribution in [2.75, 3.05) is 0 Å². The lowest BCUT2D eigenvalue weighted by Crippen LogP contribution is -1.98. The molecule has 0 radical (unpaired) electrons. The van der Waals surface area contributed by atoms with Gasteiger partial charge in [-0.1, -0.05) is 13.5 Å². The zero-order chi connectivity index (χ0) is 8.10. The molecule has 2 heteroatoms. The molecule has 1 rings (SSSR count). The Morgan fingerprint density at radius 1 is 1.45 bits per heavy atom. The molecule has 1 heterocycles. The largest absolute Gasteiger partial charge is 0.478 e. The van der Waals surface area contributed by atoms with Gasteiger partial charge in [0.15, 0.2) is 6.73 Å². The van der Waals surface area contributed by atoms with Crippen LogP contribution in [0, 0.1) is 0 Å². The summed E-state index contributed by atoms with van der Waals surface area (Å²) >= 11 is 0. The Morgan fingerprint density at radius 3 is 2.64 bits per heavy atom. The molecule has 60 valence electrons. The van der Waals surface area contributed by atoms with Crippen molar-refractivity contribution in [3.8, 4) is 0 Å². The molecule has 0 fully saturated rings. The van der Waals surface area contributed by atoms with E-state index >= 15 is 0 Å². The first kappa shape index (κ1) is 7.92. The summed E-state index contributed by atoms with van der Waals surface area (Å²) in [6.45, 7) is 6.33. The second-order valence-corrected chi connectivity index (χ2v) is 2.36. The van der Waals surface area contributed by atoms with Crippen molar-refractivity contribution in [3.63, 3.8) is 0 Å². The minimum absolute atomic E-state index is 0.569. The zero-order valence-electron chi connectivity index (χ0n) is 6.79. The molecule has 0 saturated carbocycles. The highest BCUT2D eigenvalue weighted by Gasteiger charge is 1.90. The van der Waals surface area contributed by atoms with Gasteiger partial charge in [0.05, 0.1) is 5.76 Å². The van der Waals surface area contributed by atoms with Gasteiger partial charge in [-0.2, -0.15) is 0 Å². The topological polar surface area (TPSA) is 14.2 Å². The molecule has 1 aromatic heterocycles. The van der Waals surface area contributed by atoms with E-state index in [4.69, 9.17) is 4.74 Å². The van der Waals surface area contributed by atoms with E-state index in [1.54, 1.807) is 0 Å². The average molecular weight is 151 g/mol. The molecule has 0 unspecified atom stereocenters. The van der Waals surface area contributed by atoms with E-state index in [2.05, 4.69) is 6.58 Å². The third-order valence-corrected chi connectivity index (χ3v) is 1.48. The predicted molar refractivity (Wildman–Crippen MR) is 44.9 cm³/mol. The van der Waals surface area contributed by atoms with Gasteiger partial charge in [0.25, 0.3) is 0 Å². The van der Waals surface area contributed by atoms with Crippen LogP contribution in [-0.2, 0) is 11.5 Å². The van der Waals surface area contributed by atoms with Crippen LogP contribution in [-0.4, -0.2) is 4.57 Å². The number of ether oxygens (including phenoxy) is 1. The van der Waals surface area contributed by atoms with Crippen molar-refractivity contribution < 1.29 is 4.74 Å². The Labute approximate surface area is 67.1 Å². The standard InChI is InChI=1S/C9H13NO/c1-3-9(2)11-8-10-6-4-5-7-10/h4-7H,2-3,8H2,1H3. The van der Waals surface area contributed by atoms with Crippen LogP contribution < -0.4 is 0 Å². The monoisotopic (exact) mass is 151 g/mol. The number of allylic oxidation sites excluding steroid dienone is 1. The first-order chi connectivity index (χ1) is 5.33. The second kappa shape index (κ2) is 3.86. The van der Waals surface area contributed by atoms with Gasteiger partial charge in [0.2, 0.25) is 0 Å². The average Bonchev–Trinajstić information content (AvgIpc) is 2.52. The summed E-state index contributed by atoms with van der Waals surface area (Å²) < 4.78 is 7.26. The molecular weight excluding hydrogens is 138 g/mol. The molecule has 0 spiro atoms. The van der Waals surface area contributed by atoms with Gasteiger partial charge in [-0.05, 0) is 12.1 Å². The van der Waals surface area contributed by atoms with E-state index in [1.807, 2.05) is 36.0 Å². The van der Waals surface area contributed by atoms with Crippen LogP contribution in [0.4, 0.5) is 0 Å². The Kier molecular flexibility index (Phi) is 2.78. The Hall–Kier alpha value is -1.18. The summed E-state index contributed by atoms with van der Waals surface area (Å²) in [7, 11) is 0. The van der Waals surface area contributed by atoms with E-state index in [1.165, 1.54) is 0 Å². The van der Waals surface area contributed by atoms with Crippen molar-refractivity contribution in [1.82, 2.24) is 4.57 Å². The normalized spacial score (nSPS) is 9.55. The smallest absolute Gasteiger partial charge is 0.164 e.